The van der Waals surface area contributed by atoms with Gasteiger partial charge in [0, 0.05) is 30.9 Å². The van der Waals surface area contributed by atoms with Crippen molar-refractivity contribution in [2.45, 2.75) is 20.3 Å². The number of aliphatic carboxylic acids is 1. The molecule has 1 heterocycles. The lowest BCUT2D eigenvalue weighted by Gasteiger charge is -2.34. The molecule has 0 bridgehead atoms. The topological polar surface area (TPSA) is 98.7 Å². The number of hydrogen-bond donors (Lipinski definition) is 3. The van der Waals surface area contributed by atoms with Gasteiger partial charge < -0.3 is 20.6 Å². The number of hydrogen-bond acceptors (Lipinski definition) is 3. The van der Waals surface area contributed by atoms with Gasteiger partial charge in [0.1, 0.15) is 0 Å². The van der Waals surface area contributed by atoms with Gasteiger partial charge in [0.15, 0.2) is 0 Å². The highest BCUT2D eigenvalue weighted by atomic mass is 16.4. The molecule has 0 radical (unpaired) electrons. The van der Waals surface area contributed by atoms with Crippen LogP contribution in [0.1, 0.15) is 30.6 Å². The van der Waals surface area contributed by atoms with Crippen molar-refractivity contribution in [1.29, 1.82) is 0 Å². The Labute approximate surface area is 141 Å². The van der Waals surface area contributed by atoms with Gasteiger partial charge in [-0.2, -0.15) is 0 Å². The van der Waals surface area contributed by atoms with Crippen LogP contribution in [-0.2, 0) is 4.79 Å². The fourth-order valence-electron chi connectivity index (χ4n) is 2.87. The van der Waals surface area contributed by atoms with Crippen molar-refractivity contribution in [2.24, 2.45) is 11.8 Å². The minimum absolute atomic E-state index is 0.144. The first-order valence-electron chi connectivity index (χ1n) is 8.07. The first-order valence-corrected chi connectivity index (χ1v) is 8.07. The molecule has 0 saturated carbocycles. The molecule has 0 spiro atoms. The van der Waals surface area contributed by atoms with E-state index in [0.717, 1.165) is 0 Å². The molecule has 7 heteroatoms. The first-order chi connectivity index (χ1) is 11.4. The number of nitrogens with zero attached hydrogens (tertiary/aromatic N) is 1. The molecule has 2 rings (SSSR count). The monoisotopic (exact) mass is 333 g/mol. The number of nitrogens with one attached hydrogen (secondary N) is 2. The van der Waals surface area contributed by atoms with Crippen LogP contribution >= 0.6 is 0 Å². The quantitative estimate of drug-likeness (QED) is 0.785. The van der Waals surface area contributed by atoms with Gasteiger partial charge in [-0.15, -0.1) is 0 Å². The van der Waals surface area contributed by atoms with Gasteiger partial charge in [-0.25, -0.2) is 4.79 Å². The van der Waals surface area contributed by atoms with E-state index in [2.05, 4.69) is 10.6 Å². The van der Waals surface area contributed by atoms with Crippen LogP contribution in [0, 0.1) is 11.8 Å². The van der Waals surface area contributed by atoms with Crippen molar-refractivity contribution in [2.75, 3.05) is 25.0 Å². The molecule has 2 atom stereocenters. The second-order valence-electron chi connectivity index (χ2n) is 6.15. The predicted molar refractivity (Wildman–Crippen MR) is 89.9 cm³/mol. The Hall–Kier alpha value is -2.57. The maximum absolute atomic E-state index is 12.3. The van der Waals surface area contributed by atoms with Crippen LogP contribution in [0.15, 0.2) is 24.3 Å². The zero-order valence-corrected chi connectivity index (χ0v) is 13.9. The lowest BCUT2D eigenvalue weighted by molar-refractivity contribution is -0.143. The van der Waals surface area contributed by atoms with Crippen LogP contribution in [0.3, 0.4) is 0 Å². The summed E-state index contributed by atoms with van der Waals surface area (Å²) in [6.07, 6.45) is 0.584. The van der Waals surface area contributed by atoms with E-state index in [9.17, 15) is 19.5 Å². The lowest BCUT2D eigenvalue weighted by Crippen LogP contribution is -2.47. The molecule has 0 aromatic heterocycles. The molecule has 2 unspecified atom stereocenters. The normalized spacial score (nSPS) is 20.3. The van der Waals surface area contributed by atoms with Gasteiger partial charge in [-0.1, -0.05) is 6.92 Å². The van der Waals surface area contributed by atoms with Crippen LogP contribution in [0.25, 0.3) is 0 Å². The predicted octanol–water partition coefficient (Wildman–Crippen LogP) is 2.01. The Morgan fingerprint density at radius 1 is 1.21 bits per heavy atom. The van der Waals surface area contributed by atoms with Crippen molar-refractivity contribution in [3.05, 3.63) is 29.8 Å². The Morgan fingerprint density at radius 2 is 1.88 bits per heavy atom. The van der Waals surface area contributed by atoms with Gasteiger partial charge >= 0.3 is 12.0 Å². The second kappa shape index (κ2) is 7.81. The van der Waals surface area contributed by atoms with E-state index in [4.69, 9.17) is 0 Å². The van der Waals surface area contributed by atoms with Gasteiger partial charge in [0.2, 0.25) is 0 Å². The highest BCUT2D eigenvalue weighted by Gasteiger charge is 2.31. The molecule has 3 N–H and O–H groups in total. The van der Waals surface area contributed by atoms with Crippen LogP contribution in [0.4, 0.5) is 10.5 Å². The molecule has 1 aromatic carbocycles. The summed E-state index contributed by atoms with van der Waals surface area (Å²) in [5.74, 6) is -1.42. The summed E-state index contributed by atoms with van der Waals surface area (Å²) in [5, 5.41) is 14.6. The van der Waals surface area contributed by atoms with Crippen molar-refractivity contribution < 1.29 is 19.5 Å². The smallest absolute Gasteiger partial charge is 0.321 e. The van der Waals surface area contributed by atoms with Gasteiger partial charge in [-0.3, -0.25) is 9.59 Å². The number of anilines is 1. The van der Waals surface area contributed by atoms with E-state index in [1.165, 1.54) is 4.90 Å². The van der Waals surface area contributed by atoms with Crippen molar-refractivity contribution in [3.8, 4) is 0 Å². The SMILES string of the molecule is CCNC(=O)c1ccc(NC(=O)N2CC(C)CC(C(=O)O)C2)cc1. The number of piperidine rings is 1. The van der Waals surface area contributed by atoms with Crippen molar-refractivity contribution in [1.82, 2.24) is 10.2 Å². The summed E-state index contributed by atoms with van der Waals surface area (Å²) in [6, 6.07) is 6.27. The standard InChI is InChI=1S/C17H23N3O4/c1-3-18-15(21)12-4-6-14(7-5-12)19-17(24)20-9-11(2)8-13(10-20)16(22)23/h4-7,11,13H,3,8-10H2,1-2H3,(H,18,21)(H,19,24)(H,22,23). The van der Waals surface area contributed by atoms with E-state index >= 15 is 0 Å². The van der Waals surface area contributed by atoms with Crippen LogP contribution in [0.2, 0.25) is 0 Å². The molecule has 130 valence electrons. The van der Waals surface area contributed by atoms with Crippen molar-refractivity contribution in [3.63, 3.8) is 0 Å². The Balaban J connectivity index is 1.98. The number of carboxylic acids is 1. The van der Waals surface area contributed by atoms with Crippen LogP contribution in [-0.4, -0.2) is 47.5 Å². The zero-order chi connectivity index (χ0) is 17.7. The molecular formula is C17H23N3O4. The maximum Gasteiger partial charge on any atom is 0.321 e. The minimum Gasteiger partial charge on any atom is -0.481 e. The highest BCUT2D eigenvalue weighted by molar-refractivity contribution is 5.95. The Morgan fingerprint density at radius 3 is 2.46 bits per heavy atom. The number of carboxylic acid groups (broad SMARTS) is 1. The second-order valence-corrected chi connectivity index (χ2v) is 6.15. The first kappa shape index (κ1) is 17.8. The zero-order valence-electron chi connectivity index (χ0n) is 13.9. The summed E-state index contributed by atoms with van der Waals surface area (Å²) >= 11 is 0. The Bertz CT molecular complexity index is 615. The molecule has 1 fully saturated rings. The molecule has 0 aliphatic carbocycles. The third-order valence-corrected chi connectivity index (χ3v) is 4.03. The number of urea groups is 1. The van der Waals surface area contributed by atoms with Gasteiger partial charge in [-0.05, 0) is 43.5 Å². The number of amides is 3. The molecule has 3 amide bonds. The number of likely N-dealkylation sites (tertiary alicyclic amines) is 1. The molecule has 1 aliphatic rings. The molecular weight excluding hydrogens is 310 g/mol. The summed E-state index contributed by atoms with van der Waals surface area (Å²) in [7, 11) is 0. The van der Waals surface area contributed by atoms with E-state index in [1.807, 2.05) is 13.8 Å². The van der Waals surface area contributed by atoms with E-state index in [0.29, 0.717) is 30.8 Å². The summed E-state index contributed by atoms with van der Waals surface area (Å²) < 4.78 is 0. The van der Waals surface area contributed by atoms with Crippen LogP contribution < -0.4 is 10.6 Å². The third-order valence-electron chi connectivity index (χ3n) is 4.03. The molecule has 1 aliphatic heterocycles. The average molecular weight is 333 g/mol. The molecule has 1 aromatic rings. The maximum atomic E-state index is 12.3. The Kier molecular flexibility index (Phi) is 5.78. The summed E-state index contributed by atoms with van der Waals surface area (Å²) in [5.41, 5.74) is 1.09. The van der Waals surface area contributed by atoms with E-state index < -0.39 is 11.9 Å². The van der Waals surface area contributed by atoms with E-state index in [1.54, 1.807) is 24.3 Å². The molecule has 7 nitrogen and oxygen atoms in total. The fraction of sp³-hybridized carbons (Fsp3) is 0.471. The highest BCUT2D eigenvalue weighted by Crippen LogP contribution is 2.22. The van der Waals surface area contributed by atoms with E-state index in [-0.39, 0.29) is 24.4 Å². The van der Waals surface area contributed by atoms with Crippen molar-refractivity contribution >= 4 is 23.6 Å². The fourth-order valence-corrected chi connectivity index (χ4v) is 2.87. The average Bonchev–Trinajstić information content (AvgIpc) is 2.55. The molecule has 1 saturated heterocycles. The van der Waals surface area contributed by atoms with Gasteiger partial charge in [0.05, 0.1) is 5.92 Å². The lowest BCUT2D eigenvalue weighted by atomic mass is 9.91. The van der Waals surface area contributed by atoms with Crippen LogP contribution in [0.5, 0.6) is 0 Å². The number of carbonyl (C=O) groups is 3. The summed E-state index contributed by atoms with van der Waals surface area (Å²) in [6.45, 7) is 5.08. The summed E-state index contributed by atoms with van der Waals surface area (Å²) in [4.78, 5) is 36.8. The number of benzene rings is 1. The largest absolute Gasteiger partial charge is 0.481 e. The number of carbonyl (C=O) groups excluding carboxylic acids is 2. The van der Waals surface area contributed by atoms with Gasteiger partial charge in [0.25, 0.3) is 5.91 Å². The number of rotatable bonds is 4. The third kappa shape index (κ3) is 4.47. The molecule has 24 heavy (non-hydrogen) atoms. The minimum atomic E-state index is -0.870.